The van der Waals surface area contributed by atoms with Crippen molar-refractivity contribution in [1.82, 2.24) is 4.90 Å². The molecule has 2 fully saturated rings. The molecule has 0 aromatic carbocycles. The lowest BCUT2D eigenvalue weighted by Crippen LogP contribution is -2.65. The van der Waals surface area contributed by atoms with Gasteiger partial charge in [0.2, 0.25) is 0 Å². The molecule has 5 atom stereocenters. The molecule has 0 spiro atoms. The van der Waals surface area contributed by atoms with Gasteiger partial charge in [0.1, 0.15) is 24.9 Å². The Labute approximate surface area is 131 Å². The zero-order chi connectivity index (χ0) is 16.1. The van der Waals surface area contributed by atoms with Crippen LogP contribution >= 0.6 is 0 Å². The van der Waals surface area contributed by atoms with Crippen LogP contribution in [0.3, 0.4) is 0 Å². The zero-order valence-electron chi connectivity index (χ0n) is 13.1. The second-order valence-electron chi connectivity index (χ2n) is 6.10. The Bertz CT molecular complexity index is 379. The summed E-state index contributed by atoms with van der Waals surface area (Å²) >= 11 is 0. The van der Waals surface area contributed by atoms with Gasteiger partial charge in [-0.25, -0.2) is 4.99 Å². The number of amidine groups is 1. The van der Waals surface area contributed by atoms with Gasteiger partial charge in [-0.2, -0.15) is 0 Å². The number of fused-ring (bicyclic) bond motifs is 1. The highest BCUT2D eigenvalue weighted by Crippen LogP contribution is 2.28. The lowest BCUT2D eigenvalue weighted by molar-refractivity contribution is -0.190. The number of aliphatic hydroxyl groups is 4. The van der Waals surface area contributed by atoms with Crippen molar-refractivity contribution in [3.05, 3.63) is 0 Å². The fourth-order valence-corrected chi connectivity index (χ4v) is 2.99. The van der Waals surface area contributed by atoms with Crippen molar-refractivity contribution in [2.75, 3.05) is 13.2 Å². The van der Waals surface area contributed by atoms with Crippen molar-refractivity contribution >= 4 is 6.02 Å². The molecule has 0 aromatic heterocycles. The summed E-state index contributed by atoms with van der Waals surface area (Å²) in [5.41, 5.74) is 0. The van der Waals surface area contributed by atoms with Crippen LogP contribution in [0.1, 0.15) is 45.4 Å². The van der Waals surface area contributed by atoms with Gasteiger partial charge < -0.3 is 25.2 Å². The van der Waals surface area contributed by atoms with Gasteiger partial charge in [-0.05, 0) is 6.42 Å². The maximum absolute atomic E-state index is 10.1. The largest absolute Gasteiger partial charge is 0.463 e. The van der Waals surface area contributed by atoms with Gasteiger partial charge in [0.25, 0.3) is 6.02 Å². The second kappa shape index (κ2) is 8.10. The Morgan fingerprint density at radius 2 is 1.68 bits per heavy atom. The van der Waals surface area contributed by atoms with Crippen LogP contribution in [0.5, 0.6) is 0 Å². The molecule has 2 heterocycles. The number of hydrogen-bond donors (Lipinski definition) is 4. The topological polar surface area (TPSA) is 106 Å². The van der Waals surface area contributed by atoms with E-state index in [4.69, 9.17) is 4.74 Å². The highest BCUT2D eigenvalue weighted by Gasteiger charge is 2.52. The van der Waals surface area contributed by atoms with E-state index in [9.17, 15) is 20.4 Å². The molecule has 4 N–H and O–H groups in total. The Morgan fingerprint density at radius 1 is 1.00 bits per heavy atom. The molecule has 2 rings (SSSR count). The molecule has 128 valence electrons. The molecule has 0 saturated carbocycles. The normalized spacial score (nSPS) is 36.5. The van der Waals surface area contributed by atoms with E-state index >= 15 is 0 Å². The number of aliphatic hydroxyl groups excluding tert-OH is 4. The number of ether oxygens (including phenoxy) is 1. The van der Waals surface area contributed by atoms with Crippen LogP contribution in [0.25, 0.3) is 0 Å². The van der Waals surface area contributed by atoms with Gasteiger partial charge in [-0.1, -0.05) is 39.0 Å². The lowest BCUT2D eigenvalue weighted by atomic mass is 9.94. The fourth-order valence-electron chi connectivity index (χ4n) is 2.99. The standard InChI is InChI=1S/C15H28N2O5/c1-2-3-4-5-6-7-8-16-15-17-10(9-22-15)11(18)12(19)13(20)14(17)21/h10-14,18-21H,2-9H2,1H3/b16-15-/t10-,11+,12+,13-,14+/m1/s1. The van der Waals surface area contributed by atoms with Crippen LogP contribution in [0.15, 0.2) is 4.99 Å². The van der Waals surface area contributed by atoms with E-state index in [1.807, 2.05) is 0 Å². The highest BCUT2D eigenvalue weighted by atomic mass is 16.5. The Morgan fingerprint density at radius 3 is 2.41 bits per heavy atom. The number of nitrogens with zero attached hydrogens (tertiary/aromatic N) is 2. The van der Waals surface area contributed by atoms with E-state index in [0.29, 0.717) is 6.54 Å². The minimum atomic E-state index is -1.44. The summed E-state index contributed by atoms with van der Waals surface area (Å²) in [5, 5.41) is 39.4. The molecule has 0 radical (unpaired) electrons. The Hall–Kier alpha value is -0.890. The maximum Gasteiger partial charge on any atom is 0.290 e. The first-order valence-electron chi connectivity index (χ1n) is 8.25. The number of rotatable bonds is 7. The van der Waals surface area contributed by atoms with E-state index in [2.05, 4.69) is 11.9 Å². The predicted molar refractivity (Wildman–Crippen MR) is 81.3 cm³/mol. The minimum absolute atomic E-state index is 0.150. The quantitative estimate of drug-likeness (QED) is 0.486. The first-order valence-corrected chi connectivity index (χ1v) is 8.25. The lowest BCUT2D eigenvalue weighted by Gasteiger charge is -2.42. The summed E-state index contributed by atoms with van der Waals surface area (Å²) in [6.07, 6.45) is 1.67. The van der Waals surface area contributed by atoms with Crippen LogP contribution in [-0.2, 0) is 4.74 Å². The van der Waals surface area contributed by atoms with Gasteiger partial charge >= 0.3 is 0 Å². The summed E-state index contributed by atoms with van der Waals surface area (Å²) in [4.78, 5) is 5.70. The average Bonchev–Trinajstić information content (AvgIpc) is 2.94. The first kappa shape index (κ1) is 17.5. The van der Waals surface area contributed by atoms with Crippen LogP contribution < -0.4 is 0 Å². The summed E-state index contributed by atoms with van der Waals surface area (Å²) in [5.74, 6) is 0. The second-order valence-corrected chi connectivity index (χ2v) is 6.10. The van der Waals surface area contributed by atoms with Gasteiger partial charge in [0, 0.05) is 6.54 Å². The van der Waals surface area contributed by atoms with Crippen molar-refractivity contribution in [3.63, 3.8) is 0 Å². The molecule has 7 nitrogen and oxygen atoms in total. The molecule has 2 saturated heterocycles. The maximum atomic E-state index is 10.1. The third-order valence-electron chi connectivity index (χ3n) is 4.40. The molecular weight excluding hydrogens is 288 g/mol. The SMILES string of the molecule is CCCCCCCC/N=C1\OC[C@@H]2[C@H](O)[C@H](O)[C@@H](O)[C@H](O)N12. The van der Waals surface area contributed by atoms with E-state index in [-0.39, 0.29) is 12.6 Å². The monoisotopic (exact) mass is 316 g/mol. The molecule has 2 aliphatic rings. The van der Waals surface area contributed by atoms with Crippen molar-refractivity contribution < 1.29 is 25.2 Å². The Kier molecular flexibility index (Phi) is 6.43. The van der Waals surface area contributed by atoms with Gasteiger partial charge in [0.05, 0.1) is 6.04 Å². The number of hydrogen-bond acceptors (Lipinski definition) is 6. The fraction of sp³-hybridized carbons (Fsp3) is 0.933. The Balaban J connectivity index is 1.84. The van der Waals surface area contributed by atoms with Crippen molar-refractivity contribution in [2.24, 2.45) is 4.99 Å². The molecule has 7 heteroatoms. The zero-order valence-corrected chi connectivity index (χ0v) is 13.1. The van der Waals surface area contributed by atoms with E-state index < -0.39 is 30.6 Å². The summed E-state index contributed by atoms with van der Waals surface area (Å²) < 4.78 is 5.42. The molecule has 0 aromatic rings. The van der Waals surface area contributed by atoms with Gasteiger partial charge in [-0.15, -0.1) is 0 Å². The number of piperidine rings is 1. The molecule has 0 bridgehead atoms. The van der Waals surface area contributed by atoms with Crippen molar-refractivity contribution in [3.8, 4) is 0 Å². The molecule has 0 amide bonds. The smallest absolute Gasteiger partial charge is 0.290 e. The molecule has 0 aliphatic carbocycles. The summed E-state index contributed by atoms with van der Waals surface area (Å²) in [7, 11) is 0. The third-order valence-corrected chi connectivity index (χ3v) is 4.40. The van der Waals surface area contributed by atoms with Crippen LogP contribution in [0.2, 0.25) is 0 Å². The highest BCUT2D eigenvalue weighted by molar-refractivity contribution is 5.76. The van der Waals surface area contributed by atoms with Crippen LogP contribution in [0.4, 0.5) is 0 Å². The predicted octanol–water partition coefficient (Wildman–Crippen LogP) is -0.182. The van der Waals surface area contributed by atoms with Crippen LogP contribution in [-0.4, -0.2) is 75.1 Å². The van der Waals surface area contributed by atoms with Gasteiger partial charge in [-0.3, -0.25) is 4.90 Å². The molecular formula is C15H28N2O5. The summed E-state index contributed by atoms with van der Waals surface area (Å²) in [6.45, 7) is 2.92. The number of aliphatic imine (C=N–C) groups is 1. The van der Waals surface area contributed by atoms with Crippen LogP contribution in [0, 0.1) is 0 Å². The van der Waals surface area contributed by atoms with E-state index in [1.54, 1.807) is 0 Å². The molecule has 2 aliphatic heterocycles. The molecule has 22 heavy (non-hydrogen) atoms. The van der Waals surface area contributed by atoms with Crippen molar-refractivity contribution in [2.45, 2.75) is 76.0 Å². The third kappa shape index (κ3) is 3.71. The van der Waals surface area contributed by atoms with E-state index in [0.717, 1.165) is 12.8 Å². The van der Waals surface area contributed by atoms with Gasteiger partial charge in [0.15, 0.2) is 6.23 Å². The number of unbranched alkanes of at least 4 members (excludes halogenated alkanes) is 5. The molecule has 0 unspecified atom stereocenters. The minimum Gasteiger partial charge on any atom is -0.463 e. The van der Waals surface area contributed by atoms with Crippen molar-refractivity contribution in [1.29, 1.82) is 0 Å². The average molecular weight is 316 g/mol. The summed E-state index contributed by atoms with van der Waals surface area (Å²) in [6, 6.07) is -0.326. The first-order chi connectivity index (χ1) is 10.6. The van der Waals surface area contributed by atoms with E-state index in [1.165, 1.54) is 30.6 Å².